The monoisotopic (exact) mass is 195 g/mol. The van der Waals surface area contributed by atoms with Crippen LogP contribution in [0.4, 0.5) is 5.69 Å². The molecule has 0 aliphatic heterocycles. The fourth-order valence-electron chi connectivity index (χ4n) is 1.30. The van der Waals surface area contributed by atoms with Gasteiger partial charge in [-0.05, 0) is 6.92 Å². The van der Waals surface area contributed by atoms with E-state index in [0.29, 0.717) is 5.56 Å². The Morgan fingerprint density at radius 3 is 2.43 bits per heavy atom. The zero-order valence-corrected chi connectivity index (χ0v) is 8.18. The van der Waals surface area contributed by atoms with Gasteiger partial charge in [-0.3, -0.25) is 10.1 Å². The Bertz CT molecular complexity index is 336. The molecule has 0 saturated carbocycles. The van der Waals surface area contributed by atoms with E-state index in [2.05, 4.69) is 0 Å². The molecule has 0 aliphatic carbocycles. The average Bonchev–Trinajstić information content (AvgIpc) is 2.16. The minimum absolute atomic E-state index is 0.0703. The highest BCUT2D eigenvalue weighted by molar-refractivity contribution is 5.42. The normalized spacial score (nSPS) is 14.8. The lowest BCUT2D eigenvalue weighted by atomic mass is 9.95. The highest BCUT2D eigenvalue weighted by Gasteiger charge is 2.20. The Balaban J connectivity index is 3.13. The van der Waals surface area contributed by atoms with Gasteiger partial charge in [0.2, 0.25) is 0 Å². The molecule has 2 atom stereocenters. The first kappa shape index (κ1) is 10.7. The van der Waals surface area contributed by atoms with Crippen molar-refractivity contribution in [2.45, 2.75) is 25.9 Å². The highest BCUT2D eigenvalue weighted by atomic mass is 16.6. The van der Waals surface area contributed by atoms with Gasteiger partial charge < -0.3 is 5.11 Å². The van der Waals surface area contributed by atoms with E-state index < -0.39 is 11.0 Å². The van der Waals surface area contributed by atoms with Gasteiger partial charge in [-0.25, -0.2) is 0 Å². The standard InChI is InChI=1S/C10H13NO3/c1-7(8(2)12)9-5-3-4-6-10(9)11(13)14/h3-8,12H,1-2H3/t7-,8+/m0/s1. The van der Waals surface area contributed by atoms with Crippen molar-refractivity contribution in [2.24, 2.45) is 0 Å². The fraction of sp³-hybridized carbons (Fsp3) is 0.400. The third kappa shape index (κ3) is 2.09. The molecule has 1 aromatic carbocycles. The van der Waals surface area contributed by atoms with Gasteiger partial charge in [-0.1, -0.05) is 25.1 Å². The zero-order valence-electron chi connectivity index (χ0n) is 8.18. The second-order valence-corrected chi connectivity index (χ2v) is 3.35. The molecule has 0 aliphatic rings. The van der Waals surface area contributed by atoms with Crippen LogP contribution in [0, 0.1) is 10.1 Å². The molecule has 0 aromatic heterocycles. The largest absolute Gasteiger partial charge is 0.393 e. The molecule has 0 heterocycles. The van der Waals surface area contributed by atoms with Crippen LogP contribution in [0.15, 0.2) is 24.3 Å². The lowest BCUT2D eigenvalue weighted by Gasteiger charge is -2.14. The first-order chi connectivity index (χ1) is 6.54. The van der Waals surface area contributed by atoms with Gasteiger partial charge in [0.25, 0.3) is 5.69 Å². The summed E-state index contributed by atoms with van der Waals surface area (Å²) in [5, 5.41) is 20.0. The van der Waals surface area contributed by atoms with Gasteiger partial charge in [0, 0.05) is 17.5 Å². The maximum Gasteiger partial charge on any atom is 0.272 e. The molecule has 76 valence electrons. The number of hydrogen-bond acceptors (Lipinski definition) is 3. The number of hydrogen-bond donors (Lipinski definition) is 1. The summed E-state index contributed by atoms with van der Waals surface area (Å²) in [6.07, 6.45) is -0.587. The Morgan fingerprint density at radius 1 is 1.36 bits per heavy atom. The first-order valence-corrected chi connectivity index (χ1v) is 4.45. The lowest BCUT2D eigenvalue weighted by Crippen LogP contribution is -2.12. The van der Waals surface area contributed by atoms with Gasteiger partial charge >= 0.3 is 0 Å². The quantitative estimate of drug-likeness (QED) is 0.593. The van der Waals surface area contributed by atoms with E-state index in [-0.39, 0.29) is 11.6 Å². The molecule has 4 heteroatoms. The topological polar surface area (TPSA) is 63.4 Å². The van der Waals surface area contributed by atoms with Crippen molar-refractivity contribution in [1.29, 1.82) is 0 Å². The molecule has 0 amide bonds. The van der Waals surface area contributed by atoms with E-state index in [1.165, 1.54) is 6.07 Å². The van der Waals surface area contributed by atoms with Crippen molar-refractivity contribution >= 4 is 5.69 Å². The van der Waals surface area contributed by atoms with E-state index in [0.717, 1.165) is 0 Å². The molecule has 0 spiro atoms. The summed E-state index contributed by atoms with van der Waals surface area (Å²) in [5.41, 5.74) is 0.647. The minimum Gasteiger partial charge on any atom is -0.393 e. The first-order valence-electron chi connectivity index (χ1n) is 4.45. The van der Waals surface area contributed by atoms with E-state index in [9.17, 15) is 15.2 Å². The predicted molar refractivity (Wildman–Crippen MR) is 53.2 cm³/mol. The van der Waals surface area contributed by atoms with E-state index >= 15 is 0 Å². The Kier molecular flexibility index (Phi) is 3.19. The number of benzene rings is 1. The van der Waals surface area contributed by atoms with Crippen LogP contribution in [0.25, 0.3) is 0 Å². The maximum atomic E-state index is 10.7. The summed E-state index contributed by atoms with van der Waals surface area (Å²) >= 11 is 0. The van der Waals surface area contributed by atoms with Crippen molar-refractivity contribution in [2.75, 3.05) is 0 Å². The smallest absolute Gasteiger partial charge is 0.272 e. The van der Waals surface area contributed by atoms with Gasteiger partial charge in [0.1, 0.15) is 0 Å². The lowest BCUT2D eigenvalue weighted by molar-refractivity contribution is -0.385. The molecule has 4 nitrogen and oxygen atoms in total. The number of nitro benzene ring substituents is 1. The van der Waals surface area contributed by atoms with Crippen LogP contribution in [-0.4, -0.2) is 16.1 Å². The van der Waals surface area contributed by atoms with Crippen LogP contribution in [0.5, 0.6) is 0 Å². The molecule has 0 fully saturated rings. The summed E-state index contributed by atoms with van der Waals surface area (Å²) < 4.78 is 0. The third-order valence-corrected chi connectivity index (χ3v) is 2.35. The van der Waals surface area contributed by atoms with Gasteiger partial charge in [0.05, 0.1) is 11.0 Å². The number of rotatable bonds is 3. The molecule has 0 radical (unpaired) electrons. The highest BCUT2D eigenvalue weighted by Crippen LogP contribution is 2.27. The SMILES string of the molecule is C[C@H](c1ccccc1[N+](=O)[O-])[C@@H](C)O. The van der Waals surface area contributed by atoms with Crippen LogP contribution in [0.3, 0.4) is 0 Å². The number of para-hydroxylation sites is 1. The average molecular weight is 195 g/mol. The molecule has 1 rings (SSSR count). The van der Waals surface area contributed by atoms with Crippen molar-refractivity contribution in [3.8, 4) is 0 Å². The molecular weight excluding hydrogens is 182 g/mol. The summed E-state index contributed by atoms with van der Waals surface area (Å²) in [4.78, 5) is 10.3. The molecule has 14 heavy (non-hydrogen) atoms. The number of nitro groups is 1. The Morgan fingerprint density at radius 2 is 1.93 bits per heavy atom. The van der Waals surface area contributed by atoms with Crippen LogP contribution in [0.2, 0.25) is 0 Å². The zero-order chi connectivity index (χ0) is 10.7. The van der Waals surface area contributed by atoms with Gasteiger partial charge in [-0.15, -0.1) is 0 Å². The van der Waals surface area contributed by atoms with E-state index in [1.54, 1.807) is 32.0 Å². The van der Waals surface area contributed by atoms with Crippen molar-refractivity contribution in [3.05, 3.63) is 39.9 Å². The summed E-state index contributed by atoms with van der Waals surface area (Å²) in [7, 11) is 0. The molecule has 1 aromatic rings. The van der Waals surface area contributed by atoms with Gasteiger partial charge in [-0.2, -0.15) is 0 Å². The number of aliphatic hydroxyl groups is 1. The van der Waals surface area contributed by atoms with Crippen molar-refractivity contribution < 1.29 is 10.0 Å². The molecule has 0 saturated heterocycles. The molecular formula is C10H13NO3. The second kappa shape index (κ2) is 4.19. The Hall–Kier alpha value is -1.42. The predicted octanol–water partition coefficient (Wildman–Crippen LogP) is 2.08. The second-order valence-electron chi connectivity index (χ2n) is 3.35. The summed E-state index contributed by atoms with van der Waals surface area (Å²) in [6, 6.07) is 6.49. The minimum atomic E-state index is -0.587. The molecule has 1 N–H and O–H groups in total. The molecule has 0 unspecified atom stereocenters. The van der Waals surface area contributed by atoms with E-state index in [4.69, 9.17) is 0 Å². The fourth-order valence-corrected chi connectivity index (χ4v) is 1.30. The van der Waals surface area contributed by atoms with Crippen molar-refractivity contribution in [3.63, 3.8) is 0 Å². The summed E-state index contributed by atoms with van der Waals surface area (Å²) in [5.74, 6) is -0.225. The summed E-state index contributed by atoms with van der Waals surface area (Å²) in [6.45, 7) is 3.40. The van der Waals surface area contributed by atoms with Crippen LogP contribution in [-0.2, 0) is 0 Å². The van der Waals surface area contributed by atoms with Crippen LogP contribution >= 0.6 is 0 Å². The third-order valence-electron chi connectivity index (χ3n) is 2.35. The number of nitrogens with zero attached hydrogens (tertiary/aromatic N) is 1. The van der Waals surface area contributed by atoms with Gasteiger partial charge in [0.15, 0.2) is 0 Å². The Labute approximate surface area is 82.3 Å². The number of aliphatic hydroxyl groups excluding tert-OH is 1. The van der Waals surface area contributed by atoms with Crippen LogP contribution < -0.4 is 0 Å². The van der Waals surface area contributed by atoms with Crippen LogP contribution in [0.1, 0.15) is 25.3 Å². The van der Waals surface area contributed by atoms with E-state index in [1.807, 2.05) is 0 Å². The molecule has 0 bridgehead atoms. The maximum absolute atomic E-state index is 10.7. The van der Waals surface area contributed by atoms with Crippen molar-refractivity contribution in [1.82, 2.24) is 0 Å².